The first kappa shape index (κ1) is 25.8. The fraction of sp³-hybridized carbons (Fsp3) is 0.393. The fourth-order valence-corrected chi connectivity index (χ4v) is 4.82. The molecule has 1 aromatic heterocycles. The smallest absolute Gasteiger partial charge is 0.336 e. The van der Waals surface area contributed by atoms with E-state index in [2.05, 4.69) is 0 Å². The maximum atomic E-state index is 13.2. The second kappa shape index (κ2) is 10.3. The van der Waals surface area contributed by atoms with Gasteiger partial charge >= 0.3 is 11.6 Å². The topological polar surface area (TPSA) is 86.0 Å². The number of esters is 1. The lowest BCUT2D eigenvalue weighted by atomic mass is 9.81. The summed E-state index contributed by atoms with van der Waals surface area (Å²) in [6, 6.07) is 13.8. The summed E-state index contributed by atoms with van der Waals surface area (Å²) < 4.78 is 16.8. The molecule has 2 atom stereocenters. The Morgan fingerprint density at radius 2 is 1.83 bits per heavy atom. The molecule has 190 valence electrons. The third-order valence-corrected chi connectivity index (χ3v) is 6.71. The summed E-state index contributed by atoms with van der Waals surface area (Å²) in [4.78, 5) is 39.7. The van der Waals surface area contributed by atoms with Gasteiger partial charge in [0.1, 0.15) is 11.3 Å². The van der Waals surface area contributed by atoms with Crippen LogP contribution in [0.25, 0.3) is 22.1 Å². The van der Waals surface area contributed by atoms with Gasteiger partial charge in [-0.25, -0.2) is 4.79 Å². The molecule has 2 aromatic carbocycles. The first-order valence-corrected chi connectivity index (χ1v) is 12.4. The molecule has 3 aromatic rings. The number of carbonyl (C=O) groups excluding carboxylic acids is 2. The van der Waals surface area contributed by atoms with Gasteiger partial charge in [0, 0.05) is 46.8 Å². The van der Waals surface area contributed by atoms with Gasteiger partial charge < -0.3 is 18.8 Å². The Balaban J connectivity index is 1.53. The van der Waals surface area contributed by atoms with E-state index >= 15 is 0 Å². The molecule has 0 aliphatic carbocycles. The quantitative estimate of drug-likeness (QED) is 0.322. The molecule has 0 bridgehead atoms. The summed E-state index contributed by atoms with van der Waals surface area (Å²) in [6.45, 7) is 7.95. The molecule has 8 heteroatoms. The third kappa shape index (κ3) is 5.41. The Hall–Kier alpha value is -3.32. The molecule has 1 fully saturated rings. The minimum atomic E-state index is -0.801. The van der Waals surface area contributed by atoms with Crippen LogP contribution in [0, 0.1) is 5.41 Å². The van der Waals surface area contributed by atoms with Gasteiger partial charge in [0.2, 0.25) is 0 Å². The predicted octanol–water partition coefficient (Wildman–Crippen LogP) is 5.46. The van der Waals surface area contributed by atoms with Crippen LogP contribution in [-0.4, -0.2) is 42.1 Å². The van der Waals surface area contributed by atoms with Crippen molar-refractivity contribution in [1.82, 2.24) is 4.90 Å². The molecular weight excluding hydrogens is 482 g/mol. The van der Waals surface area contributed by atoms with E-state index < -0.39 is 17.1 Å². The second-order valence-electron chi connectivity index (χ2n) is 9.76. The van der Waals surface area contributed by atoms with Gasteiger partial charge in [-0.05, 0) is 58.7 Å². The summed E-state index contributed by atoms with van der Waals surface area (Å²) in [5.74, 6) is -0.117. The number of nitrogens with zero attached hydrogens (tertiary/aromatic N) is 1. The number of piperidine rings is 1. The summed E-state index contributed by atoms with van der Waals surface area (Å²) in [5, 5.41) is 1.22. The zero-order chi connectivity index (χ0) is 26.0. The summed E-state index contributed by atoms with van der Waals surface area (Å²) in [5.41, 5.74) is 0.442. The van der Waals surface area contributed by atoms with E-state index in [-0.39, 0.29) is 24.5 Å². The zero-order valence-electron chi connectivity index (χ0n) is 20.9. The number of likely N-dealkylation sites (tertiary alicyclic amines) is 1. The van der Waals surface area contributed by atoms with Crippen molar-refractivity contribution in [2.24, 2.45) is 5.41 Å². The number of amides is 1. The van der Waals surface area contributed by atoms with Crippen molar-refractivity contribution in [1.29, 1.82) is 0 Å². The van der Waals surface area contributed by atoms with Gasteiger partial charge in [0.25, 0.3) is 5.91 Å². The molecule has 0 spiro atoms. The Bertz CT molecular complexity index is 1350. The lowest BCUT2D eigenvalue weighted by Crippen LogP contribution is -2.52. The Kier molecular flexibility index (Phi) is 7.41. The third-order valence-electron chi connectivity index (χ3n) is 6.38. The van der Waals surface area contributed by atoms with E-state index in [0.717, 1.165) is 5.56 Å². The molecule has 0 saturated carbocycles. The van der Waals surface area contributed by atoms with E-state index in [0.29, 0.717) is 46.7 Å². The Morgan fingerprint density at radius 3 is 2.56 bits per heavy atom. The number of halogens is 1. The average molecular weight is 512 g/mol. The van der Waals surface area contributed by atoms with Crippen molar-refractivity contribution in [3.63, 3.8) is 0 Å². The predicted molar refractivity (Wildman–Crippen MR) is 138 cm³/mol. The standard InChI is InChI=1S/C28H30ClNO6/c1-17(2)34-27(33)28(4)12-7-13-30(16-28)26(32)18(3)35-19-10-11-21-22(15-25(31)36-24(21)14-19)20-8-5-6-9-23(20)29/h5-6,8-11,14-15,17-18H,7,12-13,16H2,1-4H3. The van der Waals surface area contributed by atoms with Crippen LogP contribution < -0.4 is 10.4 Å². The summed E-state index contributed by atoms with van der Waals surface area (Å²) in [6.07, 6.45) is 0.349. The van der Waals surface area contributed by atoms with Crippen LogP contribution in [-0.2, 0) is 14.3 Å². The molecule has 1 saturated heterocycles. The van der Waals surface area contributed by atoms with Gasteiger partial charge in [-0.1, -0.05) is 29.8 Å². The molecule has 1 aliphatic heterocycles. The van der Waals surface area contributed by atoms with Crippen LogP contribution in [0.5, 0.6) is 5.75 Å². The van der Waals surface area contributed by atoms with Crippen LogP contribution in [0.15, 0.2) is 57.7 Å². The molecule has 1 aliphatic rings. The van der Waals surface area contributed by atoms with Gasteiger partial charge in [0.05, 0.1) is 11.5 Å². The Morgan fingerprint density at radius 1 is 1.08 bits per heavy atom. The molecule has 2 heterocycles. The highest BCUT2D eigenvalue weighted by Gasteiger charge is 2.42. The largest absolute Gasteiger partial charge is 0.481 e. The van der Waals surface area contributed by atoms with Crippen molar-refractivity contribution in [3.05, 3.63) is 64.0 Å². The maximum Gasteiger partial charge on any atom is 0.336 e. The van der Waals surface area contributed by atoms with E-state index in [9.17, 15) is 14.4 Å². The van der Waals surface area contributed by atoms with Gasteiger partial charge in [0.15, 0.2) is 6.10 Å². The van der Waals surface area contributed by atoms with Crippen LogP contribution in [0.4, 0.5) is 0 Å². The average Bonchev–Trinajstić information content (AvgIpc) is 2.82. The van der Waals surface area contributed by atoms with Gasteiger partial charge in [-0.2, -0.15) is 0 Å². The van der Waals surface area contributed by atoms with Crippen LogP contribution in [0.3, 0.4) is 0 Å². The maximum absolute atomic E-state index is 13.2. The minimum absolute atomic E-state index is 0.214. The summed E-state index contributed by atoms with van der Waals surface area (Å²) >= 11 is 6.36. The molecule has 36 heavy (non-hydrogen) atoms. The number of benzene rings is 2. The molecule has 0 N–H and O–H groups in total. The van der Waals surface area contributed by atoms with Crippen LogP contribution in [0.1, 0.15) is 40.5 Å². The number of carbonyl (C=O) groups is 2. The SMILES string of the molecule is CC(C)OC(=O)C1(C)CCCN(C(=O)C(C)Oc2ccc3c(-c4ccccc4Cl)cc(=O)oc3c2)C1. The number of fused-ring (bicyclic) bond motifs is 1. The molecule has 4 rings (SSSR count). The first-order chi connectivity index (χ1) is 17.1. The normalized spacial score (nSPS) is 18.8. The fourth-order valence-electron chi connectivity index (χ4n) is 4.58. The second-order valence-corrected chi connectivity index (χ2v) is 10.2. The van der Waals surface area contributed by atoms with Crippen molar-refractivity contribution < 1.29 is 23.5 Å². The molecule has 0 radical (unpaired) electrons. The molecule has 7 nitrogen and oxygen atoms in total. The highest BCUT2D eigenvalue weighted by molar-refractivity contribution is 6.33. The number of hydrogen-bond acceptors (Lipinski definition) is 6. The van der Waals surface area contributed by atoms with Crippen molar-refractivity contribution in [2.75, 3.05) is 13.1 Å². The van der Waals surface area contributed by atoms with Gasteiger partial charge in [-0.15, -0.1) is 0 Å². The minimum Gasteiger partial charge on any atom is -0.481 e. The van der Waals surface area contributed by atoms with Crippen molar-refractivity contribution >= 4 is 34.4 Å². The number of rotatable bonds is 6. The number of ether oxygens (including phenoxy) is 2. The number of hydrogen-bond donors (Lipinski definition) is 0. The van der Waals surface area contributed by atoms with Crippen molar-refractivity contribution in [3.8, 4) is 16.9 Å². The summed E-state index contributed by atoms with van der Waals surface area (Å²) in [7, 11) is 0. The molecule has 1 amide bonds. The highest BCUT2D eigenvalue weighted by atomic mass is 35.5. The van der Waals surface area contributed by atoms with Crippen LogP contribution in [0.2, 0.25) is 5.02 Å². The zero-order valence-corrected chi connectivity index (χ0v) is 21.6. The first-order valence-electron chi connectivity index (χ1n) is 12.1. The van der Waals surface area contributed by atoms with E-state index in [1.54, 1.807) is 36.1 Å². The van der Waals surface area contributed by atoms with E-state index in [4.69, 9.17) is 25.5 Å². The molecular formula is C28H30ClNO6. The lowest BCUT2D eigenvalue weighted by molar-refractivity contribution is -0.164. The Labute approximate surface area is 214 Å². The lowest BCUT2D eigenvalue weighted by Gasteiger charge is -2.39. The van der Waals surface area contributed by atoms with Crippen molar-refractivity contribution in [2.45, 2.75) is 52.7 Å². The van der Waals surface area contributed by atoms with Crippen LogP contribution >= 0.6 is 11.6 Å². The van der Waals surface area contributed by atoms with E-state index in [1.807, 2.05) is 39.0 Å². The van der Waals surface area contributed by atoms with E-state index in [1.165, 1.54) is 6.07 Å². The highest BCUT2D eigenvalue weighted by Crippen LogP contribution is 2.35. The monoisotopic (exact) mass is 511 g/mol. The van der Waals surface area contributed by atoms with Gasteiger partial charge in [-0.3, -0.25) is 9.59 Å². The molecule has 2 unspecified atom stereocenters.